The first-order chi connectivity index (χ1) is 13.9. The molecule has 30 heavy (non-hydrogen) atoms. The molecule has 0 amide bonds. The Bertz CT molecular complexity index is 925. The summed E-state index contributed by atoms with van der Waals surface area (Å²) in [6.07, 6.45) is 5.50. The van der Waals surface area contributed by atoms with Crippen molar-refractivity contribution >= 4 is 16.1 Å². The van der Waals surface area contributed by atoms with Crippen LogP contribution in [-0.2, 0) is 25.1 Å². The zero-order valence-electron chi connectivity index (χ0n) is 17.2. The van der Waals surface area contributed by atoms with E-state index in [1.807, 2.05) is 0 Å². The van der Waals surface area contributed by atoms with Gasteiger partial charge in [-0.2, -0.15) is 17.2 Å². The molecule has 0 spiro atoms. The Morgan fingerprint density at radius 2 is 1.73 bits per heavy atom. The van der Waals surface area contributed by atoms with Gasteiger partial charge in [-0.05, 0) is 72.8 Å². The van der Waals surface area contributed by atoms with Gasteiger partial charge in [-0.3, -0.25) is 4.55 Å². The zero-order valence-corrected chi connectivity index (χ0v) is 18.1. The van der Waals surface area contributed by atoms with Crippen molar-refractivity contribution in [3.63, 3.8) is 0 Å². The van der Waals surface area contributed by atoms with Crippen LogP contribution in [0.15, 0.2) is 24.3 Å². The molecule has 4 bridgehead atoms. The molecule has 0 radical (unpaired) electrons. The Morgan fingerprint density at radius 3 is 2.23 bits per heavy atom. The van der Waals surface area contributed by atoms with Gasteiger partial charge < -0.3 is 4.74 Å². The maximum absolute atomic E-state index is 13.6. The summed E-state index contributed by atoms with van der Waals surface area (Å²) < 4.78 is 62.4. The van der Waals surface area contributed by atoms with Crippen LogP contribution < -0.4 is 0 Å². The minimum atomic E-state index is -5.85. The lowest BCUT2D eigenvalue weighted by Gasteiger charge is -2.62. The maximum atomic E-state index is 13.6. The van der Waals surface area contributed by atoms with Crippen molar-refractivity contribution in [2.45, 2.75) is 69.0 Å². The minimum absolute atomic E-state index is 0.0580. The zero-order chi connectivity index (χ0) is 21.9. The SMILES string of the molecule is CC(C)c1ccc(C23CC4CC(CC(COC(=O)C(F)(F)S(=O)(=O)O)(C4)C2)C3)cc1. The van der Waals surface area contributed by atoms with Crippen LogP contribution in [0.25, 0.3) is 0 Å². The van der Waals surface area contributed by atoms with E-state index >= 15 is 0 Å². The van der Waals surface area contributed by atoms with Gasteiger partial charge in [0.1, 0.15) is 0 Å². The number of alkyl halides is 2. The Morgan fingerprint density at radius 1 is 1.17 bits per heavy atom. The molecule has 5 rings (SSSR count). The lowest BCUT2D eigenvalue weighted by molar-refractivity contribution is -0.173. The van der Waals surface area contributed by atoms with E-state index in [2.05, 4.69) is 38.1 Å². The average Bonchev–Trinajstić information content (AvgIpc) is 2.64. The van der Waals surface area contributed by atoms with Gasteiger partial charge in [0.15, 0.2) is 0 Å². The summed E-state index contributed by atoms with van der Waals surface area (Å²) in [6.45, 7) is 4.05. The highest BCUT2D eigenvalue weighted by Gasteiger charge is 2.60. The summed E-state index contributed by atoms with van der Waals surface area (Å²) in [5.41, 5.74) is 2.03. The van der Waals surface area contributed by atoms with E-state index in [0.717, 1.165) is 38.5 Å². The number of carbonyl (C=O) groups excluding carboxylic acids is 1. The fourth-order valence-corrected chi connectivity index (χ4v) is 6.86. The van der Waals surface area contributed by atoms with Crippen molar-refractivity contribution in [1.82, 2.24) is 0 Å². The molecule has 4 saturated carbocycles. The van der Waals surface area contributed by atoms with Crippen molar-refractivity contribution in [1.29, 1.82) is 0 Å². The number of benzene rings is 1. The lowest BCUT2D eigenvalue weighted by atomic mass is 9.43. The number of halogens is 2. The van der Waals surface area contributed by atoms with Gasteiger partial charge in [0.25, 0.3) is 0 Å². The number of hydrogen-bond donors (Lipinski definition) is 1. The van der Waals surface area contributed by atoms with Crippen LogP contribution in [0.2, 0.25) is 0 Å². The van der Waals surface area contributed by atoms with Gasteiger partial charge >= 0.3 is 21.3 Å². The Hall–Kier alpha value is -1.54. The van der Waals surface area contributed by atoms with Gasteiger partial charge in [-0.1, -0.05) is 38.1 Å². The number of ether oxygens (including phenoxy) is 1. The summed E-state index contributed by atoms with van der Waals surface area (Å²) >= 11 is 0. The van der Waals surface area contributed by atoms with Crippen molar-refractivity contribution in [2.75, 3.05) is 6.61 Å². The van der Waals surface area contributed by atoms with Crippen molar-refractivity contribution in [3.8, 4) is 0 Å². The summed E-state index contributed by atoms with van der Waals surface area (Å²) in [4.78, 5) is 11.7. The van der Waals surface area contributed by atoms with E-state index in [1.54, 1.807) is 0 Å². The second kappa shape index (κ2) is 6.99. The summed E-state index contributed by atoms with van der Waals surface area (Å²) in [6, 6.07) is 8.65. The molecule has 2 atom stereocenters. The third-order valence-electron chi connectivity index (χ3n) is 7.44. The first-order valence-electron chi connectivity index (χ1n) is 10.5. The molecule has 0 aliphatic heterocycles. The van der Waals surface area contributed by atoms with E-state index in [9.17, 15) is 22.0 Å². The van der Waals surface area contributed by atoms with Crippen molar-refractivity contribution < 1.29 is 31.3 Å². The van der Waals surface area contributed by atoms with Crippen LogP contribution in [0, 0.1) is 17.3 Å². The van der Waals surface area contributed by atoms with Crippen LogP contribution in [0.3, 0.4) is 0 Å². The minimum Gasteiger partial charge on any atom is -0.460 e. The predicted octanol–water partition coefficient (Wildman–Crippen LogP) is 4.67. The predicted molar refractivity (Wildman–Crippen MR) is 107 cm³/mol. The molecule has 166 valence electrons. The molecular weight excluding hydrogens is 414 g/mol. The number of rotatable bonds is 6. The molecule has 8 heteroatoms. The average molecular weight is 443 g/mol. The molecule has 1 N–H and O–H groups in total. The molecule has 0 saturated heterocycles. The van der Waals surface area contributed by atoms with Crippen LogP contribution in [-0.4, -0.2) is 30.8 Å². The molecule has 4 aliphatic rings. The van der Waals surface area contributed by atoms with Crippen LogP contribution in [0.4, 0.5) is 8.78 Å². The quantitative estimate of drug-likeness (QED) is 0.511. The molecule has 0 aromatic heterocycles. The summed E-state index contributed by atoms with van der Waals surface area (Å²) in [5, 5.41) is -4.94. The highest BCUT2D eigenvalue weighted by molar-refractivity contribution is 7.87. The Balaban J connectivity index is 1.56. The molecule has 2 unspecified atom stereocenters. The van der Waals surface area contributed by atoms with E-state index in [1.165, 1.54) is 11.1 Å². The second-order valence-electron chi connectivity index (χ2n) is 10.1. The molecule has 4 aliphatic carbocycles. The molecule has 5 nitrogen and oxygen atoms in total. The first kappa shape index (κ1) is 21.7. The lowest BCUT2D eigenvalue weighted by Crippen LogP contribution is -2.56. The highest BCUT2D eigenvalue weighted by atomic mass is 32.2. The molecule has 0 heterocycles. The first-order valence-corrected chi connectivity index (χ1v) is 11.9. The van der Waals surface area contributed by atoms with E-state index in [0.29, 0.717) is 17.8 Å². The standard InChI is InChI=1S/C22H28F2O5S/c1-14(2)17-3-5-18(6-4-17)21-10-15-7-16(11-21)9-20(8-15,12-21)13-29-19(25)22(23,24)30(26,27)28/h3-6,14-16H,7-13H2,1-2H3,(H,26,27,28). The van der Waals surface area contributed by atoms with Gasteiger partial charge in [0.2, 0.25) is 0 Å². The van der Waals surface area contributed by atoms with E-state index in [4.69, 9.17) is 9.29 Å². The molecular formula is C22H28F2O5S. The van der Waals surface area contributed by atoms with Gasteiger partial charge in [0.05, 0.1) is 6.61 Å². The monoisotopic (exact) mass is 442 g/mol. The summed E-state index contributed by atoms with van der Waals surface area (Å²) in [5.74, 6) is -0.879. The van der Waals surface area contributed by atoms with E-state index in [-0.39, 0.29) is 12.0 Å². The van der Waals surface area contributed by atoms with Crippen LogP contribution >= 0.6 is 0 Å². The van der Waals surface area contributed by atoms with Crippen LogP contribution in [0.5, 0.6) is 0 Å². The van der Waals surface area contributed by atoms with Gasteiger partial charge in [0, 0.05) is 5.41 Å². The smallest absolute Gasteiger partial charge is 0.460 e. The molecule has 1 aromatic rings. The number of carbonyl (C=O) groups is 1. The highest BCUT2D eigenvalue weighted by Crippen LogP contribution is 2.65. The largest absolute Gasteiger partial charge is 0.465 e. The maximum Gasteiger partial charge on any atom is 0.465 e. The summed E-state index contributed by atoms with van der Waals surface area (Å²) in [7, 11) is -5.85. The fraction of sp³-hybridized carbons (Fsp3) is 0.682. The van der Waals surface area contributed by atoms with Crippen molar-refractivity contribution in [2.24, 2.45) is 17.3 Å². The topological polar surface area (TPSA) is 80.7 Å². The van der Waals surface area contributed by atoms with Gasteiger partial charge in [-0.15, -0.1) is 0 Å². The number of hydrogen-bond acceptors (Lipinski definition) is 4. The van der Waals surface area contributed by atoms with Crippen molar-refractivity contribution in [3.05, 3.63) is 35.4 Å². The normalized spacial score (nSPS) is 33.1. The third kappa shape index (κ3) is 3.55. The molecule has 1 aromatic carbocycles. The Kier molecular flexibility index (Phi) is 5.05. The van der Waals surface area contributed by atoms with Crippen LogP contribution in [0.1, 0.15) is 69.4 Å². The molecule has 4 fully saturated rings. The second-order valence-corrected chi connectivity index (χ2v) is 11.5. The number of esters is 1. The van der Waals surface area contributed by atoms with Gasteiger partial charge in [-0.25, -0.2) is 4.79 Å². The Labute approximate surface area is 175 Å². The fourth-order valence-electron chi connectivity index (χ4n) is 6.59. The van der Waals surface area contributed by atoms with E-state index < -0.39 is 26.8 Å². The third-order valence-corrected chi connectivity index (χ3v) is 8.26.